The van der Waals surface area contributed by atoms with E-state index < -0.39 is 0 Å². The predicted octanol–water partition coefficient (Wildman–Crippen LogP) is 2.47. The molecule has 1 unspecified atom stereocenters. The minimum Gasteiger partial charge on any atom is -0.356 e. The zero-order valence-electron chi connectivity index (χ0n) is 10.8. The molecule has 1 aliphatic carbocycles. The highest BCUT2D eigenvalue weighted by molar-refractivity contribution is 14.0. The smallest absolute Gasteiger partial charge is 0.191 e. The Morgan fingerprint density at radius 2 is 2.18 bits per heavy atom. The largest absolute Gasteiger partial charge is 0.356 e. The Balaban J connectivity index is 0.00000144. The molecular formula is C12H24IN3S. The van der Waals surface area contributed by atoms with E-state index in [0.29, 0.717) is 5.41 Å². The molecule has 100 valence electrons. The van der Waals surface area contributed by atoms with Gasteiger partial charge in [-0.25, -0.2) is 0 Å². The topological polar surface area (TPSA) is 36.4 Å². The van der Waals surface area contributed by atoms with Gasteiger partial charge in [-0.1, -0.05) is 6.92 Å². The van der Waals surface area contributed by atoms with Crippen LogP contribution in [0.3, 0.4) is 0 Å². The maximum Gasteiger partial charge on any atom is 0.191 e. The van der Waals surface area contributed by atoms with Crippen molar-refractivity contribution in [3.8, 4) is 0 Å². The summed E-state index contributed by atoms with van der Waals surface area (Å²) in [6.07, 6.45) is 5.44. The second kappa shape index (κ2) is 7.07. The summed E-state index contributed by atoms with van der Waals surface area (Å²) in [5.41, 5.74) is 0.541. The van der Waals surface area contributed by atoms with Crippen LogP contribution in [0.1, 0.15) is 32.6 Å². The van der Waals surface area contributed by atoms with Crippen molar-refractivity contribution in [1.29, 1.82) is 0 Å². The first-order valence-corrected chi connectivity index (χ1v) is 7.33. The zero-order chi connectivity index (χ0) is 11.4. The van der Waals surface area contributed by atoms with E-state index in [4.69, 9.17) is 0 Å². The average Bonchev–Trinajstić information content (AvgIpc) is 2.82. The number of thioether (sulfide) groups is 1. The van der Waals surface area contributed by atoms with Gasteiger partial charge in [-0.05, 0) is 36.9 Å². The van der Waals surface area contributed by atoms with Crippen LogP contribution < -0.4 is 10.6 Å². The molecule has 1 heterocycles. The van der Waals surface area contributed by atoms with E-state index in [1.807, 2.05) is 7.05 Å². The number of hydrogen-bond donors (Lipinski definition) is 2. The molecule has 2 rings (SSSR count). The van der Waals surface area contributed by atoms with Gasteiger partial charge in [-0.2, -0.15) is 11.8 Å². The Bertz CT molecular complexity index is 260. The highest BCUT2D eigenvalue weighted by Gasteiger charge is 2.37. The van der Waals surface area contributed by atoms with Crippen LogP contribution >= 0.6 is 35.7 Å². The Kier molecular flexibility index (Phi) is 6.40. The third kappa shape index (κ3) is 5.24. The predicted molar refractivity (Wildman–Crippen MR) is 87.6 cm³/mol. The molecular weight excluding hydrogens is 345 g/mol. The van der Waals surface area contributed by atoms with Crippen LogP contribution in [-0.4, -0.2) is 37.1 Å². The molecule has 0 aromatic rings. The van der Waals surface area contributed by atoms with E-state index in [9.17, 15) is 0 Å². The summed E-state index contributed by atoms with van der Waals surface area (Å²) in [6, 6.07) is 0. The van der Waals surface area contributed by atoms with Crippen molar-refractivity contribution in [3.63, 3.8) is 0 Å². The van der Waals surface area contributed by atoms with E-state index in [2.05, 4.69) is 34.3 Å². The van der Waals surface area contributed by atoms with Crippen molar-refractivity contribution >= 4 is 41.7 Å². The number of guanidine groups is 1. The van der Waals surface area contributed by atoms with Gasteiger partial charge in [0.25, 0.3) is 0 Å². The van der Waals surface area contributed by atoms with Gasteiger partial charge in [-0.3, -0.25) is 4.99 Å². The van der Waals surface area contributed by atoms with Crippen molar-refractivity contribution in [3.05, 3.63) is 0 Å². The van der Waals surface area contributed by atoms with Crippen molar-refractivity contribution in [2.75, 3.05) is 25.9 Å². The minimum absolute atomic E-state index is 0. The van der Waals surface area contributed by atoms with Gasteiger partial charge in [0.15, 0.2) is 5.96 Å². The lowest BCUT2D eigenvalue weighted by Crippen LogP contribution is -2.42. The average molecular weight is 369 g/mol. The van der Waals surface area contributed by atoms with Crippen LogP contribution in [0.5, 0.6) is 0 Å². The monoisotopic (exact) mass is 369 g/mol. The summed E-state index contributed by atoms with van der Waals surface area (Å²) in [4.78, 5) is 4.27. The number of nitrogens with zero attached hydrogens (tertiary/aromatic N) is 1. The van der Waals surface area contributed by atoms with Crippen molar-refractivity contribution in [2.24, 2.45) is 10.4 Å². The summed E-state index contributed by atoms with van der Waals surface area (Å²) >= 11 is 2.09. The van der Waals surface area contributed by atoms with Gasteiger partial charge in [0.05, 0.1) is 0 Å². The first-order valence-electron chi connectivity index (χ1n) is 6.28. The van der Waals surface area contributed by atoms with E-state index in [0.717, 1.165) is 24.3 Å². The molecule has 1 saturated heterocycles. The first kappa shape index (κ1) is 15.4. The normalized spacial score (nSPS) is 26.2. The molecule has 3 nitrogen and oxygen atoms in total. The number of halogens is 1. The molecule has 0 aromatic carbocycles. The molecule has 0 bridgehead atoms. The Labute approximate surface area is 126 Å². The van der Waals surface area contributed by atoms with Gasteiger partial charge in [0.1, 0.15) is 0 Å². The van der Waals surface area contributed by atoms with Crippen LogP contribution in [-0.2, 0) is 0 Å². The number of nitrogens with one attached hydrogen (secondary N) is 2. The molecule has 2 aliphatic rings. The van der Waals surface area contributed by atoms with Gasteiger partial charge in [0.2, 0.25) is 0 Å². The third-order valence-corrected chi connectivity index (χ3v) is 4.93. The van der Waals surface area contributed by atoms with Crippen molar-refractivity contribution < 1.29 is 0 Å². The Hall–Kier alpha value is 0.350. The van der Waals surface area contributed by atoms with Gasteiger partial charge < -0.3 is 10.6 Å². The SMILES string of the molecule is CN=C(NCC1CCCS1)NCC1(C)CC1.I. The molecule has 0 aromatic heterocycles. The van der Waals surface area contributed by atoms with Crippen molar-refractivity contribution in [1.82, 2.24) is 10.6 Å². The van der Waals surface area contributed by atoms with Crippen LogP contribution in [0.25, 0.3) is 0 Å². The molecule has 17 heavy (non-hydrogen) atoms. The number of aliphatic imine (C=N–C) groups is 1. The summed E-state index contributed by atoms with van der Waals surface area (Å²) in [5.74, 6) is 2.30. The molecule has 1 atom stereocenters. The second-order valence-electron chi connectivity index (χ2n) is 5.25. The molecule has 0 radical (unpaired) electrons. The van der Waals surface area contributed by atoms with Gasteiger partial charge in [0, 0.05) is 25.4 Å². The third-order valence-electron chi connectivity index (χ3n) is 3.53. The minimum atomic E-state index is 0. The summed E-state index contributed by atoms with van der Waals surface area (Å²) in [6.45, 7) is 4.45. The molecule has 2 fully saturated rings. The lowest BCUT2D eigenvalue weighted by molar-refractivity contribution is 0.549. The van der Waals surface area contributed by atoms with E-state index in [-0.39, 0.29) is 24.0 Å². The van der Waals surface area contributed by atoms with Crippen LogP contribution in [0.2, 0.25) is 0 Å². The summed E-state index contributed by atoms with van der Waals surface area (Å²) < 4.78 is 0. The maximum absolute atomic E-state index is 4.27. The first-order chi connectivity index (χ1) is 7.72. The van der Waals surface area contributed by atoms with Crippen molar-refractivity contribution in [2.45, 2.75) is 37.9 Å². The molecule has 1 aliphatic heterocycles. The van der Waals surface area contributed by atoms with Crippen LogP contribution in [0.4, 0.5) is 0 Å². The molecule has 5 heteroatoms. The highest BCUT2D eigenvalue weighted by Crippen LogP contribution is 2.43. The standard InChI is InChI=1S/C12H23N3S.HI/c1-12(5-6-12)9-15-11(13-2)14-8-10-4-3-7-16-10;/h10H,3-9H2,1-2H3,(H2,13,14,15);1H. The molecule has 1 saturated carbocycles. The molecule has 2 N–H and O–H groups in total. The fourth-order valence-electron chi connectivity index (χ4n) is 1.92. The number of hydrogen-bond acceptors (Lipinski definition) is 2. The van der Waals surface area contributed by atoms with Crippen LogP contribution in [0, 0.1) is 5.41 Å². The fourth-order valence-corrected chi connectivity index (χ4v) is 3.12. The Morgan fingerprint density at radius 3 is 2.71 bits per heavy atom. The summed E-state index contributed by atoms with van der Waals surface area (Å²) in [5, 5.41) is 7.64. The maximum atomic E-state index is 4.27. The summed E-state index contributed by atoms with van der Waals surface area (Å²) in [7, 11) is 1.85. The quantitative estimate of drug-likeness (QED) is 0.454. The van der Waals surface area contributed by atoms with Gasteiger partial charge >= 0.3 is 0 Å². The highest BCUT2D eigenvalue weighted by atomic mass is 127. The lowest BCUT2D eigenvalue weighted by atomic mass is 10.1. The Morgan fingerprint density at radius 1 is 1.41 bits per heavy atom. The second-order valence-corrected chi connectivity index (χ2v) is 6.66. The molecule has 0 amide bonds. The molecule has 0 spiro atoms. The zero-order valence-corrected chi connectivity index (χ0v) is 13.9. The van der Waals surface area contributed by atoms with E-state index >= 15 is 0 Å². The lowest BCUT2D eigenvalue weighted by Gasteiger charge is -2.16. The number of rotatable bonds is 4. The van der Waals surface area contributed by atoms with Gasteiger partial charge in [-0.15, -0.1) is 24.0 Å². The van der Waals surface area contributed by atoms with Crippen LogP contribution in [0.15, 0.2) is 4.99 Å². The van der Waals surface area contributed by atoms with E-state index in [1.165, 1.54) is 31.4 Å². The van der Waals surface area contributed by atoms with E-state index in [1.54, 1.807) is 0 Å². The fraction of sp³-hybridized carbons (Fsp3) is 0.917.